The number of nitrogens with one attached hydrogen (secondary N) is 1. The molecule has 0 aliphatic carbocycles. The van der Waals surface area contributed by atoms with Crippen LogP contribution in [0.1, 0.15) is 19.4 Å². The highest BCUT2D eigenvalue weighted by Gasteiger charge is 2.15. The van der Waals surface area contributed by atoms with E-state index in [0.29, 0.717) is 0 Å². The van der Waals surface area contributed by atoms with Crippen molar-refractivity contribution in [3.8, 4) is 0 Å². The fourth-order valence-corrected chi connectivity index (χ4v) is 1.95. The summed E-state index contributed by atoms with van der Waals surface area (Å²) in [6.45, 7) is 7.22. The molecule has 5 nitrogen and oxygen atoms in total. The van der Waals surface area contributed by atoms with Crippen LogP contribution in [0.3, 0.4) is 0 Å². The fourth-order valence-electron chi connectivity index (χ4n) is 1.95. The molecule has 112 valence electrons. The largest absolute Gasteiger partial charge is 0.383 e. The molecule has 0 spiro atoms. The van der Waals surface area contributed by atoms with Gasteiger partial charge in [-0.15, -0.1) is 0 Å². The molecule has 0 aliphatic rings. The molecular formula is C15H25N3O2. The number of carbonyl (C=O) groups is 1. The summed E-state index contributed by atoms with van der Waals surface area (Å²) in [5.41, 5.74) is 7.64. The zero-order chi connectivity index (χ0) is 15.0. The summed E-state index contributed by atoms with van der Waals surface area (Å²) >= 11 is 0. The minimum absolute atomic E-state index is 0.212. The predicted octanol–water partition coefficient (Wildman–Crippen LogP) is 1.44. The first-order valence-electron chi connectivity index (χ1n) is 6.98. The Labute approximate surface area is 121 Å². The number of hydrogen-bond donors (Lipinski definition) is 2. The summed E-state index contributed by atoms with van der Waals surface area (Å²) in [6.07, 6.45) is 0. The van der Waals surface area contributed by atoms with Gasteiger partial charge in [-0.1, -0.05) is 32.0 Å². The van der Waals surface area contributed by atoms with E-state index in [2.05, 4.69) is 24.1 Å². The monoisotopic (exact) mass is 279 g/mol. The number of benzene rings is 1. The summed E-state index contributed by atoms with van der Waals surface area (Å²) in [7, 11) is 1.53. The molecule has 0 fully saturated rings. The summed E-state index contributed by atoms with van der Waals surface area (Å²) in [5, 5.41) is 2.88. The molecule has 1 aromatic carbocycles. The molecule has 0 bridgehead atoms. The van der Waals surface area contributed by atoms with Gasteiger partial charge in [-0.05, 0) is 24.7 Å². The van der Waals surface area contributed by atoms with Crippen LogP contribution in [-0.2, 0) is 16.1 Å². The maximum atomic E-state index is 11.9. The average molecular weight is 279 g/mol. The van der Waals surface area contributed by atoms with Crippen LogP contribution in [0.15, 0.2) is 24.3 Å². The molecule has 0 aromatic heterocycles. The van der Waals surface area contributed by atoms with Gasteiger partial charge in [0.2, 0.25) is 5.91 Å². The molecule has 20 heavy (non-hydrogen) atoms. The average Bonchev–Trinajstić information content (AvgIpc) is 2.46. The highest BCUT2D eigenvalue weighted by Crippen LogP contribution is 2.17. The normalized spacial score (nSPS) is 12.4. The number of rotatable bonds is 8. The predicted molar refractivity (Wildman–Crippen MR) is 81.5 cm³/mol. The number of hydrogen-bond acceptors (Lipinski definition) is 4. The van der Waals surface area contributed by atoms with Crippen molar-refractivity contribution < 1.29 is 9.53 Å². The van der Waals surface area contributed by atoms with Gasteiger partial charge < -0.3 is 15.8 Å². The maximum Gasteiger partial charge on any atom is 0.243 e. The van der Waals surface area contributed by atoms with Crippen molar-refractivity contribution in [2.45, 2.75) is 26.4 Å². The third kappa shape index (κ3) is 4.92. The van der Waals surface area contributed by atoms with Gasteiger partial charge in [-0.2, -0.15) is 0 Å². The third-order valence-corrected chi connectivity index (χ3v) is 3.25. The Bertz CT molecular complexity index is 419. The number of carbonyl (C=O) groups excluding carboxylic acids is 1. The van der Waals surface area contributed by atoms with E-state index >= 15 is 0 Å². The zero-order valence-corrected chi connectivity index (χ0v) is 12.6. The van der Waals surface area contributed by atoms with Gasteiger partial charge in [-0.3, -0.25) is 9.69 Å². The first-order chi connectivity index (χ1) is 9.62. The van der Waals surface area contributed by atoms with Crippen molar-refractivity contribution in [2.24, 2.45) is 5.73 Å². The van der Waals surface area contributed by atoms with Gasteiger partial charge in [0.25, 0.3) is 0 Å². The number of para-hydroxylation sites is 1. The second-order valence-electron chi connectivity index (χ2n) is 4.67. The molecular weight excluding hydrogens is 254 g/mol. The van der Waals surface area contributed by atoms with E-state index in [0.717, 1.165) is 30.9 Å². The van der Waals surface area contributed by atoms with Gasteiger partial charge in [-0.25, -0.2) is 0 Å². The number of nitrogens with two attached hydrogens (primary N) is 1. The standard InChI is InChI=1S/C15H25N3O2/c1-4-18(5-2)10-12-8-6-7-9-14(12)17-15(19)13(16)11-20-3/h6-9,13H,4-5,10-11,16H2,1-3H3,(H,17,19). The van der Waals surface area contributed by atoms with E-state index in [4.69, 9.17) is 10.5 Å². The van der Waals surface area contributed by atoms with Crippen LogP contribution in [0.4, 0.5) is 5.69 Å². The molecule has 5 heteroatoms. The van der Waals surface area contributed by atoms with Gasteiger partial charge in [0.15, 0.2) is 0 Å². The van der Waals surface area contributed by atoms with E-state index in [9.17, 15) is 4.79 Å². The Kier molecular flexibility index (Phi) is 7.22. The van der Waals surface area contributed by atoms with Crippen LogP contribution in [0, 0.1) is 0 Å². The van der Waals surface area contributed by atoms with Gasteiger partial charge in [0.05, 0.1) is 6.61 Å². The highest BCUT2D eigenvalue weighted by atomic mass is 16.5. The molecule has 3 N–H and O–H groups in total. The van der Waals surface area contributed by atoms with Crippen LogP contribution in [0.25, 0.3) is 0 Å². The van der Waals surface area contributed by atoms with Crippen molar-refractivity contribution in [3.05, 3.63) is 29.8 Å². The second kappa shape index (κ2) is 8.68. The molecule has 0 saturated heterocycles. The lowest BCUT2D eigenvalue weighted by Crippen LogP contribution is -2.39. The van der Waals surface area contributed by atoms with Gasteiger partial charge in [0, 0.05) is 19.3 Å². The summed E-state index contributed by atoms with van der Waals surface area (Å²) < 4.78 is 4.90. The van der Waals surface area contributed by atoms with Crippen molar-refractivity contribution in [1.82, 2.24) is 4.90 Å². The topological polar surface area (TPSA) is 67.6 Å². The summed E-state index contributed by atoms with van der Waals surface area (Å²) in [4.78, 5) is 14.2. The lowest BCUT2D eigenvalue weighted by atomic mass is 10.1. The Morgan fingerprint density at radius 3 is 2.60 bits per heavy atom. The SMILES string of the molecule is CCN(CC)Cc1ccccc1NC(=O)C(N)COC. The number of ether oxygens (including phenoxy) is 1. The first-order valence-corrected chi connectivity index (χ1v) is 6.98. The van der Waals surface area contributed by atoms with E-state index < -0.39 is 6.04 Å². The molecule has 1 amide bonds. The smallest absolute Gasteiger partial charge is 0.243 e. The van der Waals surface area contributed by atoms with Crippen molar-refractivity contribution >= 4 is 11.6 Å². The van der Waals surface area contributed by atoms with E-state index in [1.165, 1.54) is 7.11 Å². The number of amides is 1. The quantitative estimate of drug-likeness (QED) is 0.755. The van der Waals surface area contributed by atoms with Crippen molar-refractivity contribution in [2.75, 3.05) is 32.1 Å². The van der Waals surface area contributed by atoms with Crippen LogP contribution >= 0.6 is 0 Å². The molecule has 1 aromatic rings. The van der Waals surface area contributed by atoms with Crippen LogP contribution in [0.2, 0.25) is 0 Å². The molecule has 0 heterocycles. The molecule has 0 saturated carbocycles. The van der Waals surface area contributed by atoms with Crippen molar-refractivity contribution in [1.29, 1.82) is 0 Å². The second-order valence-corrected chi connectivity index (χ2v) is 4.67. The molecule has 0 radical (unpaired) electrons. The van der Waals surface area contributed by atoms with E-state index in [-0.39, 0.29) is 12.5 Å². The summed E-state index contributed by atoms with van der Waals surface area (Å²) in [5.74, 6) is -0.223. The Morgan fingerprint density at radius 1 is 1.35 bits per heavy atom. The number of nitrogens with zero attached hydrogens (tertiary/aromatic N) is 1. The lowest BCUT2D eigenvalue weighted by molar-refractivity contribution is -0.118. The number of methoxy groups -OCH3 is 1. The minimum atomic E-state index is -0.651. The molecule has 0 aliphatic heterocycles. The van der Waals surface area contributed by atoms with Crippen LogP contribution < -0.4 is 11.1 Å². The molecule has 1 rings (SSSR count). The fraction of sp³-hybridized carbons (Fsp3) is 0.533. The number of anilines is 1. The van der Waals surface area contributed by atoms with Crippen molar-refractivity contribution in [3.63, 3.8) is 0 Å². The van der Waals surface area contributed by atoms with Crippen LogP contribution in [0.5, 0.6) is 0 Å². The molecule has 1 unspecified atom stereocenters. The lowest BCUT2D eigenvalue weighted by Gasteiger charge is -2.21. The maximum absolute atomic E-state index is 11.9. The first kappa shape index (κ1) is 16.6. The Balaban J connectivity index is 2.77. The van der Waals surface area contributed by atoms with E-state index in [1.54, 1.807) is 0 Å². The van der Waals surface area contributed by atoms with Gasteiger partial charge >= 0.3 is 0 Å². The zero-order valence-electron chi connectivity index (χ0n) is 12.6. The Hall–Kier alpha value is -1.43. The van der Waals surface area contributed by atoms with Crippen LogP contribution in [-0.4, -0.2) is 43.7 Å². The van der Waals surface area contributed by atoms with Gasteiger partial charge in [0.1, 0.15) is 6.04 Å². The highest BCUT2D eigenvalue weighted by molar-refractivity contribution is 5.95. The minimum Gasteiger partial charge on any atom is -0.383 e. The summed E-state index contributed by atoms with van der Waals surface area (Å²) in [6, 6.07) is 7.15. The van der Waals surface area contributed by atoms with E-state index in [1.807, 2.05) is 24.3 Å². The molecule has 1 atom stereocenters. The third-order valence-electron chi connectivity index (χ3n) is 3.25. The Morgan fingerprint density at radius 2 is 2.00 bits per heavy atom.